The topological polar surface area (TPSA) is 37.6 Å². The summed E-state index contributed by atoms with van der Waals surface area (Å²) in [6.45, 7) is 3.60. The molecule has 4 nitrogen and oxygen atoms in total. The van der Waals surface area contributed by atoms with Crippen molar-refractivity contribution in [3.05, 3.63) is 36.3 Å². The normalized spacial score (nSPS) is 20.2. The van der Waals surface area contributed by atoms with Crippen LogP contribution in [-0.4, -0.2) is 32.7 Å². The zero-order valence-corrected chi connectivity index (χ0v) is 11.2. The molecule has 2 aromatic heterocycles. The lowest BCUT2D eigenvalue weighted by molar-refractivity contribution is -0.118. The molecule has 0 saturated carbocycles. The molecule has 1 fully saturated rings. The molecule has 100 valence electrons. The quantitative estimate of drug-likeness (QED) is 0.843. The number of rotatable bonds is 4. The molecule has 19 heavy (non-hydrogen) atoms. The Hall–Kier alpha value is -1.68. The summed E-state index contributed by atoms with van der Waals surface area (Å²) in [5.41, 5.74) is 2.07. The van der Waals surface area contributed by atoms with Gasteiger partial charge in [-0.05, 0) is 38.4 Å². The molecular weight excluding hydrogens is 238 g/mol. The molecule has 0 N–H and O–H groups in total. The van der Waals surface area contributed by atoms with Crippen LogP contribution in [0.25, 0.3) is 5.65 Å². The molecule has 1 aliphatic heterocycles. The first-order valence-corrected chi connectivity index (χ1v) is 6.88. The number of fused-ring (bicyclic) bond motifs is 1. The van der Waals surface area contributed by atoms with Crippen LogP contribution in [0.15, 0.2) is 30.6 Å². The third kappa shape index (κ3) is 2.68. The highest BCUT2D eigenvalue weighted by Gasteiger charge is 2.26. The molecule has 0 aliphatic carbocycles. The fourth-order valence-corrected chi connectivity index (χ4v) is 2.94. The van der Waals surface area contributed by atoms with E-state index in [1.165, 1.54) is 6.42 Å². The van der Waals surface area contributed by atoms with Crippen molar-refractivity contribution in [1.29, 1.82) is 0 Å². The molecule has 3 rings (SSSR count). The van der Waals surface area contributed by atoms with E-state index in [4.69, 9.17) is 0 Å². The molecule has 2 aromatic rings. The molecule has 4 heteroatoms. The smallest absolute Gasteiger partial charge is 0.137 e. The maximum atomic E-state index is 11.3. The van der Waals surface area contributed by atoms with Crippen molar-refractivity contribution in [2.45, 2.75) is 38.8 Å². The van der Waals surface area contributed by atoms with Crippen LogP contribution in [0.5, 0.6) is 0 Å². The average Bonchev–Trinajstić information content (AvgIpc) is 2.95. The predicted octanol–water partition coefficient (Wildman–Crippen LogP) is 2.28. The van der Waals surface area contributed by atoms with E-state index in [2.05, 4.69) is 16.1 Å². The third-order valence-electron chi connectivity index (χ3n) is 3.80. The lowest BCUT2D eigenvalue weighted by Gasteiger charge is -2.22. The highest BCUT2D eigenvalue weighted by atomic mass is 16.1. The number of Topliss-reactive ketones (excluding diaryl/α,β-unsaturated/α-hetero) is 1. The second-order valence-corrected chi connectivity index (χ2v) is 5.37. The minimum atomic E-state index is 0.284. The Balaban J connectivity index is 1.74. The fraction of sp³-hybridized carbons (Fsp3) is 0.467. The molecule has 3 heterocycles. The van der Waals surface area contributed by atoms with Gasteiger partial charge in [0.05, 0.1) is 5.69 Å². The molecule has 1 unspecified atom stereocenters. The van der Waals surface area contributed by atoms with Crippen molar-refractivity contribution in [2.24, 2.45) is 0 Å². The molecular formula is C15H19N3O. The third-order valence-corrected chi connectivity index (χ3v) is 3.80. The van der Waals surface area contributed by atoms with Gasteiger partial charge in [-0.2, -0.15) is 0 Å². The standard InChI is InChI=1S/C15H19N3O/c1-12(19)9-14-5-4-8-17(14)10-13-11-18-7-3-2-6-15(18)16-13/h2-3,6-7,11,14H,4-5,8-10H2,1H3. The largest absolute Gasteiger partial charge is 0.307 e. The Labute approximate surface area is 113 Å². The van der Waals surface area contributed by atoms with Gasteiger partial charge in [0.15, 0.2) is 0 Å². The van der Waals surface area contributed by atoms with Crippen LogP contribution in [-0.2, 0) is 11.3 Å². The molecule has 0 spiro atoms. The van der Waals surface area contributed by atoms with E-state index < -0.39 is 0 Å². The van der Waals surface area contributed by atoms with Gasteiger partial charge in [0, 0.05) is 31.4 Å². The number of aromatic nitrogens is 2. The van der Waals surface area contributed by atoms with Crippen LogP contribution in [0, 0.1) is 0 Å². The summed E-state index contributed by atoms with van der Waals surface area (Å²) in [5.74, 6) is 0.284. The number of hydrogen-bond acceptors (Lipinski definition) is 3. The van der Waals surface area contributed by atoms with E-state index >= 15 is 0 Å². The number of likely N-dealkylation sites (tertiary alicyclic amines) is 1. The number of pyridine rings is 1. The number of imidazole rings is 1. The molecule has 0 radical (unpaired) electrons. The Bertz CT molecular complexity index is 557. The zero-order valence-electron chi connectivity index (χ0n) is 11.2. The number of hydrogen-bond donors (Lipinski definition) is 0. The van der Waals surface area contributed by atoms with Gasteiger partial charge in [0.2, 0.25) is 0 Å². The van der Waals surface area contributed by atoms with E-state index in [9.17, 15) is 4.79 Å². The van der Waals surface area contributed by atoms with Gasteiger partial charge < -0.3 is 4.40 Å². The van der Waals surface area contributed by atoms with Gasteiger partial charge in [-0.3, -0.25) is 9.69 Å². The Kier molecular flexibility index (Phi) is 3.34. The van der Waals surface area contributed by atoms with Gasteiger partial charge in [-0.25, -0.2) is 4.98 Å². The van der Waals surface area contributed by atoms with E-state index in [-0.39, 0.29) is 5.78 Å². The molecule has 1 saturated heterocycles. The minimum absolute atomic E-state index is 0.284. The van der Waals surface area contributed by atoms with Crippen LogP contribution < -0.4 is 0 Å². The highest BCUT2D eigenvalue weighted by molar-refractivity contribution is 5.76. The van der Waals surface area contributed by atoms with Gasteiger partial charge >= 0.3 is 0 Å². The fourth-order valence-electron chi connectivity index (χ4n) is 2.94. The zero-order chi connectivity index (χ0) is 13.2. The summed E-state index contributed by atoms with van der Waals surface area (Å²) >= 11 is 0. The first-order valence-electron chi connectivity index (χ1n) is 6.88. The molecule has 1 aliphatic rings. The lowest BCUT2D eigenvalue weighted by Crippen LogP contribution is -2.30. The first-order chi connectivity index (χ1) is 9.22. The summed E-state index contributed by atoms with van der Waals surface area (Å²) in [6.07, 6.45) is 7.09. The summed E-state index contributed by atoms with van der Waals surface area (Å²) in [6, 6.07) is 6.43. The molecule has 1 atom stereocenters. The van der Waals surface area contributed by atoms with E-state index in [0.717, 1.165) is 30.9 Å². The number of ketones is 1. The Morgan fingerprint density at radius 1 is 1.47 bits per heavy atom. The van der Waals surface area contributed by atoms with Crippen LogP contribution >= 0.6 is 0 Å². The summed E-state index contributed by atoms with van der Waals surface area (Å²) < 4.78 is 2.05. The van der Waals surface area contributed by atoms with Crippen molar-refractivity contribution >= 4 is 11.4 Å². The van der Waals surface area contributed by atoms with Gasteiger partial charge in [-0.1, -0.05) is 6.07 Å². The van der Waals surface area contributed by atoms with Gasteiger partial charge in [-0.15, -0.1) is 0 Å². The van der Waals surface area contributed by atoms with E-state index in [1.807, 2.05) is 28.8 Å². The second kappa shape index (κ2) is 5.13. The minimum Gasteiger partial charge on any atom is -0.307 e. The number of carbonyl (C=O) groups excluding carboxylic acids is 1. The lowest BCUT2D eigenvalue weighted by atomic mass is 10.1. The van der Waals surface area contributed by atoms with Crippen LogP contribution in [0.4, 0.5) is 0 Å². The van der Waals surface area contributed by atoms with Crippen LogP contribution in [0.3, 0.4) is 0 Å². The van der Waals surface area contributed by atoms with Crippen molar-refractivity contribution in [2.75, 3.05) is 6.54 Å². The van der Waals surface area contributed by atoms with Gasteiger partial charge in [0.1, 0.15) is 11.4 Å². The van der Waals surface area contributed by atoms with E-state index in [1.54, 1.807) is 6.92 Å². The maximum absolute atomic E-state index is 11.3. The Morgan fingerprint density at radius 2 is 2.37 bits per heavy atom. The van der Waals surface area contributed by atoms with Gasteiger partial charge in [0.25, 0.3) is 0 Å². The van der Waals surface area contributed by atoms with Crippen molar-refractivity contribution < 1.29 is 4.79 Å². The highest BCUT2D eigenvalue weighted by Crippen LogP contribution is 2.22. The van der Waals surface area contributed by atoms with Crippen molar-refractivity contribution in [3.63, 3.8) is 0 Å². The maximum Gasteiger partial charge on any atom is 0.137 e. The van der Waals surface area contributed by atoms with E-state index in [0.29, 0.717) is 12.5 Å². The number of nitrogens with zero attached hydrogens (tertiary/aromatic N) is 3. The molecule has 0 amide bonds. The molecule has 0 aromatic carbocycles. The SMILES string of the molecule is CC(=O)CC1CCCN1Cc1cn2ccccc2n1. The monoisotopic (exact) mass is 257 g/mol. The summed E-state index contributed by atoms with van der Waals surface area (Å²) in [5, 5.41) is 0. The average molecular weight is 257 g/mol. The van der Waals surface area contributed by atoms with Crippen molar-refractivity contribution in [1.82, 2.24) is 14.3 Å². The second-order valence-electron chi connectivity index (χ2n) is 5.37. The van der Waals surface area contributed by atoms with Crippen LogP contribution in [0.2, 0.25) is 0 Å². The summed E-state index contributed by atoms with van der Waals surface area (Å²) in [7, 11) is 0. The Morgan fingerprint density at radius 3 is 3.16 bits per heavy atom. The van der Waals surface area contributed by atoms with Crippen LogP contribution in [0.1, 0.15) is 31.9 Å². The predicted molar refractivity (Wildman–Crippen MR) is 73.9 cm³/mol. The first kappa shape index (κ1) is 12.4. The molecule has 0 bridgehead atoms. The summed E-state index contributed by atoms with van der Waals surface area (Å²) in [4.78, 5) is 18.3. The van der Waals surface area contributed by atoms with Crippen molar-refractivity contribution in [3.8, 4) is 0 Å². The number of carbonyl (C=O) groups is 1.